The Labute approximate surface area is 65.6 Å². The summed E-state index contributed by atoms with van der Waals surface area (Å²) in [7, 11) is 0. The van der Waals surface area contributed by atoms with Gasteiger partial charge in [-0.15, -0.1) is 0 Å². The Morgan fingerprint density at radius 3 is 3.18 bits per heavy atom. The van der Waals surface area contributed by atoms with Crippen LogP contribution in [0.25, 0.3) is 0 Å². The Morgan fingerprint density at radius 2 is 2.64 bits per heavy atom. The van der Waals surface area contributed by atoms with Crippen molar-refractivity contribution in [2.24, 2.45) is 0 Å². The molecule has 3 N–H and O–H groups in total. The van der Waals surface area contributed by atoms with E-state index in [1.807, 2.05) is 6.07 Å². The fourth-order valence-electron chi connectivity index (χ4n) is 0.799. The minimum atomic E-state index is -0.294. The van der Waals surface area contributed by atoms with Gasteiger partial charge in [-0.25, -0.2) is 0 Å². The van der Waals surface area contributed by atoms with Gasteiger partial charge in [0.15, 0.2) is 0 Å². The molecule has 0 unspecified atom stereocenters. The summed E-state index contributed by atoms with van der Waals surface area (Å²) >= 11 is 0. The van der Waals surface area contributed by atoms with Crippen LogP contribution < -0.4 is 5.32 Å². The van der Waals surface area contributed by atoms with Crippen LogP contribution in [0.1, 0.15) is 12.6 Å². The highest BCUT2D eigenvalue weighted by atomic mass is 16.3. The minimum Gasteiger partial charge on any atom is -0.392 e. The van der Waals surface area contributed by atoms with Crippen molar-refractivity contribution in [3.05, 3.63) is 18.0 Å². The molecule has 4 nitrogen and oxygen atoms in total. The first kappa shape index (κ1) is 8.23. The third-order valence-electron chi connectivity index (χ3n) is 1.31. The first-order valence-corrected chi connectivity index (χ1v) is 3.66. The van der Waals surface area contributed by atoms with Crippen molar-refractivity contribution in [2.75, 3.05) is 6.54 Å². The lowest BCUT2D eigenvalue weighted by Gasteiger charge is -2.04. The number of nitrogens with zero attached hydrogens (tertiary/aromatic N) is 1. The van der Waals surface area contributed by atoms with E-state index in [-0.39, 0.29) is 6.10 Å². The molecule has 1 aromatic heterocycles. The molecule has 0 radical (unpaired) electrons. The molecule has 1 atom stereocenters. The van der Waals surface area contributed by atoms with Gasteiger partial charge < -0.3 is 10.4 Å². The van der Waals surface area contributed by atoms with Crippen LogP contribution in [0.2, 0.25) is 0 Å². The average molecular weight is 155 g/mol. The number of nitrogens with one attached hydrogen (secondary N) is 2. The Kier molecular flexibility index (Phi) is 3.07. The van der Waals surface area contributed by atoms with Crippen LogP contribution in [0.5, 0.6) is 0 Å². The van der Waals surface area contributed by atoms with E-state index in [2.05, 4.69) is 15.5 Å². The number of aromatic nitrogens is 2. The number of aromatic amines is 1. The Bertz CT molecular complexity index is 184. The van der Waals surface area contributed by atoms with Crippen molar-refractivity contribution in [2.45, 2.75) is 19.6 Å². The summed E-state index contributed by atoms with van der Waals surface area (Å²) in [6.45, 7) is 3.09. The molecular weight excluding hydrogens is 142 g/mol. The Balaban J connectivity index is 2.14. The van der Waals surface area contributed by atoms with Crippen LogP contribution in [-0.4, -0.2) is 28.0 Å². The van der Waals surface area contributed by atoms with Crippen LogP contribution in [0, 0.1) is 0 Å². The van der Waals surface area contributed by atoms with Crippen LogP contribution in [-0.2, 0) is 6.54 Å². The van der Waals surface area contributed by atoms with Gasteiger partial charge in [0.05, 0.1) is 6.10 Å². The maximum absolute atomic E-state index is 8.89. The van der Waals surface area contributed by atoms with Gasteiger partial charge in [-0.05, 0) is 13.0 Å². The topological polar surface area (TPSA) is 60.9 Å². The summed E-state index contributed by atoms with van der Waals surface area (Å²) in [6.07, 6.45) is 1.41. The van der Waals surface area contributed by atoms with Crippen LogP contribution in [0.15, 0.2) is 12.3 Å². The van der Waals surface area contributed by atoms with Crippen LogP contribution in [0.4, 0.5) is 0 Å². The molecule has 0 saturated heterocycles. The van der Waals surface area contributed by atoms with E-state index >= 15 is 0 Å². The summed E-state index contributed by atoms with van der Waals surface area (Å²) in [5.74, 6) is 0. The standard InChI is InChI=1S/C7H13N3O/c1-6(11)4-8-5-7-2-3-9-10-7/h2-3,6,8,11H,4-5H2,1H3,(H,9,10)/t6-/m0/s1. The van der Waals surface area contributed by atoms with Crippen molar-refractivity contribution in [3.8, 4) is 0 Å². The van der Waals surface area contributed by atoms with Gasteiger partial charge in [-0.3, -0.25) is 5.10 Å². The number of H-pyrrole nitrogens is 1. The number of hydrogen-bond donors (Lipinski definition) is 3. The summed E-state index contributed by atoms with van der Waals surface area (Å²) in [6, 6.07) is 1.90. The molecule has 0 fully saturated rings. The second kappa shape index (κ2) is 4.10. The molecule has 0 spiro atoms. The van der Waals surface area contributed by atoms with Gasteiger partial charge in [0.1, 0.15) is 0 Å². The van der Waals surface area contributed by atoms with Crippen molar-refractivity contribution < 1.29 is 5.11 Å². The zero-order valence-corrected chi connectivity index (χ0v) is 6.54. The van der Waals surface area contributed by atoms with Gasteiger partial charge in [0, 0.05) is 25.0 Å². The van der Waals surface area contributed by atoms with E-state index in [9.17, 15) is 0 Å². The van der Waals surface area contributed by atoms with Gasteiger partial charge in [0.2, 0.25) is 0 Å². The van der Waals surface area contributed by atoms with E-state index in [0.29, 0.717) is 6.54 Å². The number of hydrogen-bond acceptors (Lipinski definition) is 3. The van der Waals surface area contributed by atoms with E-state index < -0.39 is 0 Å². The smallest absolute Gasteiger partial charge is 0.0636 e. The normalized spacial score (nSPS) is 13.3. The highest BCUT2D eigenvalue weighted by Gasteiger charge is 1.95. The fourth-order valence-corrected chi connectivity index (χ4v) is 0.799. The molecule has 0 aliphatic heterocycles. The molecule has 4 heteroatoms. The molecule has 0 aliphatic carbocycles. The van der Waals surface area contributed by atoms with Gasteiger partial charge in [-0.2, -0.15) is 5.10 Å². The first-order valence-electron chi connectivity index (χ1n) is 3.66. The third kappa shape index (κ3) is 3.15. The van der Waals surface area contributed by atoms with E-state index in [4.69, 9.17) is 5.11 Å². The van der Waals surface area contributed by atoms with Gasteiger partial charge >= 0.3 is 0 Å². The maximum atomic E-state index is 8.89. The largest absolute Gasteiger partial charge is 0.392 e. The zero-order chi connectivity index (χ0) is 8.10. The molecule has 0 saturated carbocycles. The fraction of sp³-hybridized carbons (Fsp3) is 0.571. The number of aliphatic hydroxyl groups is 1. The molecule has 0 aliphatic rings. The van der Waals surface area contributed by atoms with Gasteiger partial charge in [-0.1, -0.05) is 0 Å². The van der Waals surface area contributed by atoms with Crippen LogP contribution in [0.3, 0.4) is 0 Å². The Morgan fingerprint density at radius 1 is 1.82 bits per heavy atom. The SMILES string of the molecule is C[C@H](O)CNCc1ccn[nH]1. The van der Waals surface area contributed by atoms with E-state index in [0.717, 1.165) is 12.2 Å². The predicted molar refractivity (Wildman–Crippen MR) is 42.0 cm³/mol. The molecule has 1 rings (SSSR count). The second-order valence-corrected chi connectivity index (χ2v) is 2.56. The lowest BCUT2D eigenvalue weighted by atomic mass is 10.4. The summed E-state index contributed by atoms with van der Waals surface area (Å²) in [5.41, 5.74) is 1.03. The lowest BCUT2D eigenvalue weighted by Crippen LogP contribution is -2.23. The van der Waals surface area contributed by atoms with E-state index in [1.165, 1.54) is 0 Å². The second-order valence-electron chi connectivity index (χ2n) is 2.56. The Hall–Kier alpha value is -0.870. The zero-order valence-electron chi connectivity index (χ0n) is 6.54. The van der Waals surface area contributed by atoms with Crippen molar-refractivity contribution >= 4 is 0 Å². The van der Waals surface area contributed by atoms with Crippen molar-refractivity contribution in [3.63, 3.8) is 0 Å². The van der Waals surface area contributed by atoms with Crippen molar-refractivity contribution in [1.82, 2.24) is 15.5 Å². The predicted octanol–water partition coefficient (Wildman–Crippen LogP) is -0.120. The highest BCUT2D eigenvalue weighted by Crippen LogP contribution is 1.89. The molecule has 11 heavy (non-hydrogen) atoms. The van der Waals surface area contributed by atoms with E-state index in [1.54, 1.807) is 13.1 Å². The third-order valence-corrected chi connectivity index (χ3v) is 1.31. The first-order chi connectivity index (χ1) is 5.29. The summed E-state index contributed by atoms with van der Waals surface area (Å²) in [5, 5.41) is 18.6. The molecule has 1 aromatic rings. The highest BCUT2D eigenvalue weighted by molar-refractivity contribution is 4.96. The molecule has 0 amide bonds. The number of aliphatic hydroxyl groups excluding tert-OH is 1. The molecule has 62 valence electrons. The summed E-state index contributed by atoms with van der Waals surface area (Å²) in [4.78, 5) is 0. The summed E-state index contributed by atoms with van der Waals surface area (Å²) < 4.78 is 0. The molecule has 1 heterocycles. The molecular formula is C7H13N3O. The van der Waals surface area contributed by atoms with Crippen LogP contribution >= 0.6 is 0 Å². The minimum absolute atomic E-state index is 0.294. The number of rotatable bonds is 4. The lowest BCUT2D eigenvalue weighted by molar-refractivity contribution is 0.191. The monoisotopic (exact) mass is 155 g/mol. The average Bonchev–Trinajstić information content (AvgIpc) is 2.39. The van der Waals surface area contributed by atoms with Gasteiger partial charge in [0.25, 0.3) is 0 Å². The maximum Gasteiger partial charge on any atom is 0.0636 e. The molecule has 0 aromatic carbocycles. The quantitative estimate of drug-likeness (QED) is 0.568. The van der Waals surface area contributed by atoms with Crippen molar-refractivity contribution in [1.29, 1.82) is 0 Å². The molecule has 0 bridgehead atoms.